The highest BCUT2D eigenvalue weighted by molar-refractivity contribution is 5.79. The first-order valence-corrected chi connectivity index (χ1v) is 6.17. The molecule has 0 radical (unpaired) electrons. The lowest BCUT2D eigenvalue weighted by Gasteiger charge is -2.30. The van der Waals surface area contributed by atoms with Gasteiger partial charge in [-0.15, -0.1) is 0 Å². The largest absolute Gasteiger partial charge is 0.374 e. The number of rotatable bonds is 2. The molecule has 3 nitrogen and oxygen atoms in total. The fourth-order valence-electron chi connectivity index (χ4n) is 2.50. The van der Waals surface area contributed by atoms with Gasteiger partial charge in [0.2, 0.25) is 0 Å². The quantitative estimate of drug-likeness (QED) is 0.785. The van der Waals surface area contributed by atoms with Crippen LogP contribution >= 0.6 is 0 Å². The second kappa shape index (κ2) is 4.51. The van der Waals surface area contributed by atoms with Gasteiger partial charge in [-0.1, -0.05) is 18.2 Å². The number of para-hydroxylation sites is 1. The minimum atomic E-state index is 0.310. The number of morpholine rings is 1. The number of ether oxygens (including phenoxy) is 1. The molecular formula is C14H18N2O. The summed E-state index contributed by atoms with van der Waals surface area (Å²) in [4.78, 5) is 2.33. The van der Waals surface area contributed by atoms with Crippen molar-refractivity contribution in [3.05, 3.63) is 36.5 Å². The summed E-state index contributed by atoms with van der Waals surface area (Å²) in [6.07, 6.45) is 2.47. The zero-order valence-electron chi connectivity index (χ0n) is 10.2. The summed E-state index contributed by atoms with van der Waals surface area (Å²) in [5.74, 6) is 0. The molecule has 1 aromatic heterocycles. The molecule has 90 valence electrons. The highest BCUT2D eigenvalue weighted by Gasteiger charge is 2.18. The summed E-state index contributed by atoms with van der Waals surface area (Å²) < 4.78 is 8.10. The monoisotopic (exact) mass is 230 g/mol. The SMILES string of the molecule is CN1CCO[C@H](Cn2ccc3ccccc32)C1. The van der Waals surface area contributed by atoms with Gasteiger partial charge in [0.05, 0.1) is 19.3 Å². The summed E-state index contributed by atoms with van der Waals surface area (Å²) in [5, 5.41) is 1.30. The van der Waals surface area contributed by atoms with Crippen molar-refractivity contribution in [3.8, 4) is 0 Å². The molecule has 1 saturated heterocycles. The van der Waals surface area contributed by atoms with Gasteiger partial charge < -0.3 is 14.2 Å². The lowest BCUT2D eigenvalue weighted by molar-refractivity contribution is -0.0269. The third kappa shape index (κ3) is 2.21. The summed E-state index contributed by atoms with van der Waals surface area (Å²) in [5.41, 5.74) is 1.30. The highest BCUT2D eigenvalue weighted by atomic mass is 16.5. The standard InChI is InChI=1S/C14H18N2O/c1-15-8-9-17-13(10-15)11-16-7-6-12-4-2-3-5-14(12)16/h2-7,13H,8-11H2,1H3/t13-/m0/s1. The second-order valence-electron chi connectivity index (χ2n) is 4.78. The fraction of sp³-hybridized carbons (Fsp3) is 0.429. The number of aromatic nitrogens is 1. The predicted octanol–water partition coefficient (Wildman–Crippen LogP) is 1.97. The molecular weight excluding hydrogens is 212 g/mol. The first-order chi connectivity index (χ1) is 8.33. The molecule has 2 aromatic rings. The molecule has 0 bridgehead atoms. The molecule has 1 aliphatic rings. The van der Waals surface area contributed by atoms with E-state index in [1.54, 1.807) is 0 Å². The maximum absolute atomic E-state index is 5.81. The molecule has 1 aliphatic heterocycles. The van der Waals surface area contributed by atoms with Gasteiger partial charge in [0, 0.05) is 24.8 Å². The van der Waals surface area contributed by atoms with Crippen LogP contribution in [0.3, 0.4) is 0 Å². The van der Waals surface area contributed by atoms with E-state index in [1.165, 1.54) is 10.9 Å². The molecule has 1 aromatic carbocycles. The van der Waals surface area contributed by atoms with Gasteiger partial charge >= 0.3 is 0 Å². The first-order valence-electron chi connectivity index (χ1n) is 6.17. The fourth-order valence-corrected chi connectivity index (χ4v) is 2.50. The maximum Gasteiger partial charge on any atom is 0.0881 e. The second-order valence-corrected chi connectivity index (χ2v) is 4.78. The van der Waals surface area contributed by atoms with Crippen LogP contribution in [0.4, 0.5) is 0 Å². The lowest BCUT2D eigenvalue weighted by atomic mass is 10.2. The van der Waals surface area contributed by atoms with Crippen molar-refractivity contribution < 1.29 is 4.74 Å². The Kier molecular flexibility index (Phi) is 2.87. The Balaban J connectivity index is 1.80. The number of nitrogens with zero attached hydrogens (tertiary/aromatic N) is 2. The number of hydrogen-bond donors (Lipinski definition) is 0. The van der Waals surface area contributed by atoms with E-state index in [0.717, 1.165) is 26.2 Å². The predicted molar refractivity (Wildman–Crippen MR) is 69.2 cm³/mol. The number of likely N-dealkylation sites (N-methyl/N-ethyl adjacent to an activating group) is 1. The molecule has 0 unspecified atom stereocenters. The number of benzene rings is 1. The third-order valence-corrected chi connectivity index (χ3v) is 3.42. The zero-order chi connectivity index (χ0) is 11.7. The topological polar surface area (TPSA) is 17.4 Å². The Hall–Kier alpha value is -1.32. The van der Waals surface area contributed by atoms with Crippen LogP contribution < -0.4 is 0 Å². The van der Waals surface area contributed by atoms with E-state index >= 15 is 0 Å². The van der Waals surface area contributed by atoms with Crippen molar-refractivity contribution in [2.45, 2.75) is 12.6 Å². The van der Waals surface area contributed by atoms with Crippen molar-refractivity contribution in [2.75, 3.05) is 26.7 Å². The average molecular weight is 230 g/mol. The Morgan fingerprint density at radius 3 is 3.06 bits per heavy atom. The Labute approximate surface area is 102 Å². The summed E-state index contributed by atoms with van der Waals surface area (Å²) >= 11 is 0. The molecule has 0 saturated carbocycles. The van der Waals surface area contributed by atoms with E-state index in [9.17, 15) is 0 Å². The molecule has 0 amide bonds. The van der Waals surface area contributed by atoms with Gasteiger partial charge in [0.25, 0.3) is 0 Å². The normalized spacial score (nSPS) is 22.1. The Morgan fingerprint density at radius 2 is 2.18 bits per heavy atom. The maximum atomic E-state index is 5.81. The van der Waals surface area contributed by atoms with Crippen molar-refractivity contribution in [1.29, 1.82) is 0 Å². The van der Waals surface area contributed by atoms with Crippen molar-refractivity contribution in [2.24, 2.45) is 0 Å². The molecule has 1 fully saturated rings. The lowest BCUT2D eigenvalue weighted by Crippen LogP contribution is -2.41. The van der Waals surface area contributed by atoms with Gasteiger partial charge in [-0.05, 0) is 24.6 Å². The van der Waals surface area contributed by atoms with Crippen LogP contribution in [-0.4, -0.2) is 42.3 Å². The smallest absolute Gasteiger partial charge is 0.0881 e. The van der Waals surface area contributed by atoms with Crippen molar-refractivity contribution in [3.63, 3.8) is 0 Å². The summed E-state index contributed by atoms with van der Waals surface area (Å²) in [6.45, 7) is 3.85. The zero-order valence-corrected chi connectivity index (χ0v) is 10.2. The first kappa shape index (κ1) is 10.8. The third-order valence-electron chi connectivity index (χ3n) is 3.42. The molecule has 1 atom stereocenters. The van der Waals surface area contributed by atoms with Crippen LogP contribution in [0.1, 0.15) is 0 Å². The van der Waals surface area contributed by atoms with Crippen molar-refractivity contribution in [1.82, 2.24) is 9.47 Å². The van der Waals surface area contributed by atoms with Crippen LogP contribution in [-0.2, 0) is 11.3 Å². The van der Waals surface area contributed by atoms with Gasteiger partial charge in [-0.2, -0.15) is 0 Å². The molecule has 0 aliphatic carbocycles. The molecule has 3 heteroatoms. The molecule has 17 heavy (non-hydrogen) atoms. The van der Waals surface area contributed by atoms with E-state index < -0.39 is 0 Å². The van der Waals surface area contributed by atoms with Gasteiger partial charge in [0.15, 0.2) is 0 Å². The summed E-state index contributed by atoms with van der Waals surface area (Å²) in [6, 6.07) is 10.7. The molecule has 0 spiro atoms. The van der Waals surface area contributed by atoms with Crippen LogP contribution in [0.2, 0.25) is 0 Å². The molecule has 2 heterocycles. The van der Waals surface area contributed by atoms with Crippen molar-refractivity contribution >= 4 is 10.9 Å². The average Bonchev–Trinajstić information content (AvgIpc) is 2.73. The van der Waals surface area contributed by atoms with Crippen LogP contribution in [0.25, 0.3) is 10.9 Å². The van der Waals surface area contributed by atoms with E-state index in [-0.39, 0.29) is 0 Å². The highest BCUT2D eigenvalue weighted by Crippen LogP contribution is 2.16. The summed E-state index contributed by atoms with van der Waals surface area (Å²) in [7, 11) is 2.16. The Morgan fingerprint density at radius 1 is 1.29 bits per heavy atom. The van der Waals surface area contributed by atoms with Crippen LogP contribution in [0, 0.1) is 0 Å². The minimum Gasteiger partial charge on any atom is -0.374 e. The van der Waals surface area contributed by atoms with E-state index in [4.69, 9.17) is 4.74 Å². The van der Waals surface area contributed by atoms with Gasteiger partial charge in [0.1, 0.15) is 0 Å². The van der Waals surface area contributed by atoms with E-state index in [0.29, 0.717) is 6.10 Å². The van der Waals surface area contributed by atoms with Gasteiger partial charge in [-0.25, -0.2) is 0 Å². The minimum absolute atomic E-state index is 0.310. The Bertz CT molecular complexity index is 506. The number of hydrogen-bond acceptors (Lipinski definition) is 2. The molecule has 3 rings (SSSR count). The van der Waals surface area contributed by atoms with Crippen LogP contribution in [0.15, 0.2) is 36.5 Å². The van der Waals surface area contributed by atoms with E-state index in [1.807, 2.05) is 0 Å². The van der Waals surface area contributed by atoms with Gasteiger partial charge in [-0.3, -0.25) is 0 Å². The molecule has 0 N–H and O–H groups in total. The van der Waals surface area contributed by atoms with E-state index in [2.05, 4.69) is 53.0 Å². The number of fused-ring (bicyclic) bond motifs is 1. The van der Waals surface area contributed by atoms with Crippen LogP contribution in [0.5, 0.6) is 0 Å².